The van der Waals surface area contributed by atoms with Gasteiger partial charge >= 0.3 is 5.97 Å². The fraction of sp³-hybridized carbons (Fsp3) is 0.306. The van der Waals surface area contributed by atoms with Crippen molar-refractivity contribution in [3.8, 4) is 0 Å². The van der Waals surface area contributed by atoms with E-state index in [1.54, 1.807) is 0 Å². The van der Waals surface area contributed by atoms with Gasteiger partial charge in [-0.15, -0.1) is 0 Å². The Bertz CT molecular complexity index is 1400. The van der Waals surface area contributed by atoms with E-state index < -0.39 is 42.6 Å². The molecular formula is C36H38O8. The smallest absolute Gasteiger partial charge is 0.306 e. The molecule has 1 fully saturated rings. The Hall–Kier alpha value is -3.89. The molecule has 0 spiro atoms. The number of hydrogen-bond acceptors (Lipinski definition) is 7. The molecule has 4 aromatic carbocycles. The number of carboxylic acids is 1. The first-order chi connectivity index (χ1) is 21.5. The number of hydrogen-bond donors (Lipinski definition) is 2. The molecule has 0 aliphatic carbocycles. The summed E-state index contributed by atoms with van der Waals surface area (Å²) in [4.78, 5) is 12.2. The van der Waals surface area contributed by atoms with Crippen molar-refractivity contribution in [1.29, 1.82) is 0 Å². The number of rotatable bonds is 15. The van der Waals surface area contributed by atoms with E-state index >= 15 is 0 Å². The van der Waals surface area contributed by atoms with Crippen LogP contribution in [0.4, 0.5) is 0 Å². The van der Waals surface area contributed by atoms with Gasteiger partial charge in [0.1, 0.15) is 18.3 Å². The molecule has 0 amide bonds. The molecule has 5 rings (SSSR count). The highest BCUT2D eigenvalue weighted by Gasteiger charge is 2.58. The van der Waals surface area contributed by atoms with Crippen molar-refractivity contribution in [1.82, 2.24) is 0 Å². The Morgan fingerprint density at radius 1 is 0.636 bits per heavy atom. The van der Waals surface area contributed by atoms with Gasteiger partial charge in [-0.1, -0.05) is 121 Å². The van der Waals surface area contributed by atoms with Crippen LogP contribution < -0.4 is 0 Å². The molecule has 8 nitrogen and oxygen atoms in total. The number of aliphatic hydroxyl groups is 1. The van der Waals surface area contributed by atoms with E-state index in [2.05, 4.69) is 0 Å². The van der Waals surface area contributed by atoms with Crippen molar-refractivity contribution >= 4 is 5.97 Å². The lowest BCUT2D eigenvalue weighted by Gasteiger charge is -2.50. The van der Waals surface area contributed by atoms with Crippen LogP contribution in [0.25, 0.3) is 0 Å². The van der Waals surface area contributed by atoms with Crippen LogP contribution in [0.1, 0.15) is 28.7 Å². The van der Waals surface area contributed by atoms with Crippen LogP contribution in [-0.4, -0.2) is 53.0 Å². The summed E-state index contributed by atoms with van der Waals surface area (Å²) < 4.78 is 31.5. The summed E-state index contributed by atoms with van der Waals surface area (Å²) >= 11 is 0. The molecule has 4 aromatic rings. The number of carboxylic acid groups (broad SMARTS) is 1. The molecule has 2 N–H and O–H groups in total. The molecular weight excluding hydrogens is 560 g/mol. The summed E-state index contributed by atoms with van der Waals surface area (Å²) in [6.07, 6.45) is -4.81. The fourth-order valence-corrected chi connectivity index (χ4v) is 5.29. The summed E-state index contributed by atoms with van der Waals surface area (Å²) in [5.41, 5.74) is 1.50. The summed E-state index contributed by atoms with van der Waals surface area (Å²) in [6, 6.07) is 38.2. The van der Waals surface area contributed by atoms with E-state index in [1.165, 1.54) is 0 Å². The maximum atomic E-state index is 12.2. The zero-order valence-corrected chi connectivity index (χ0v) is 24.4. The lowest BCUT2D eigenvalue weighted by atomic mass is 9.83. The SMILES string of the molecule is O=C(O)C[C@]1(O)[C@@H](OCc2ccccc2)O[C@H](COCc2ccccc2)[C@@H](OCc2ccccc2)[C@@H]1OCc1ccccc1. The van der Waals surface area contributed by atoms with Gasteiger partial charge in [-0.3, -0.25) is 4.79 Å². The van der Waals surface area contributed by atoms with Crippen LogP contribution >= 0.6 is 0 Å². The topological polar surface area (TPSA) is 104 Å². The zero-order chi connectivity index (χ0) is 30.6. The molecule has 8 heteroatoms. The first-order valence-electron chi connectivity index (χ1n) is 14.7. The second kappa shape index (κ2) is 15.7. The summed E-state index contributed by atoms with van der Waals surface area (Å²) in [5.74, 6) is -1.22. The number of aliphatic carboxylic acids is 1. The van der Waals surface area contributed by atoms with E-state index in [9.17, 15) is 15.0 Å². The van der Waals surface area contributed by atoms with E-state index in [0.717, 1.165) is 22.3 Å². The second-order valence-corrected chi connectivity index (χ2v) is 10.8. The first-order valence-corrected chi connectivity index (χ1v) is 14.7. The molecule has 0 saturated carbocycles. The number of ether oxygens (including phenoxy) is 5. The third-order valence-electron chi connectivity index (χ3n) is 7.49. The normalized spacial score (nSPS) is 23.3. The van der Waals surface area contributed by atoms with Crippen molar-refractivity contribution in [2.45, 2.75) is 63.1 Å². The van der Waals surface area contributed by atoms with Crippen LogP contribution in [0.5, 0.6) is 0 Å². The molecule has 0 unspecified atom stereocenters. The van der Waals surface area contributed by atoms with Crippen LogP contribution in [0.3, 0.4) is 0 Å². The summed E-state index contributed by atoms with van der Waals surface area (Å²) in [7, 11) is 0. The minimum atomic E-state index is -2.09. The monoisotopic (exact) mass is 598 g/mol. The third kappa shape index (κ3) is 8.60. The molecule has 0 bridgehead atoms. The quantitative estimate of drug-likeness (QED) is 0.184. The fourth-order valence-electron chi connectivity index (χ4n) is 5.29. The Morgan fingerprint density at radius 3 is 1.55 bits per heavy atom. The minimum absolute atomic E-state index is 0.0893. The van der Waals surface area contributed by atoms with E-state index in [4.69, 9.17) is 23.7 Å². The minimum Gasteiger partial charge on any atom is -0.481 e. The average molecular weight is 599 g/mol. The largest absolute Gasteiger partial charge is 0.481 e. The Labute approximate surface area is 257 Å². The molecule has 5 atom stereocenters. The van der Waals surface area contributed by atoms with Gasteiger partial charge in [0.05, 0.1) is 39.5 Å². The summed E-state index contributed by atoms with van der Waals surface area (Å²) in [6.45, 7) is 0.812. The molecule has 0 aromatic heterocycles. The van der Waals surface area contributed by atoms with Crippen molar-refractivity contribution in [2.75, 3.05) is 6.61 Å². The maximum absolute atomic E-state index is 12.2. The highest BCUT2D eigenvalue weighted by molar-refractivity contribution is 5.68. The van der Waals surface area contributed by atoms with Crippen LogP contribution in [0, 0.1) is 0 Å². The highest BCUT2D eigenvalue weighted by atomic mass is 16.7. The van der Waals surface area contributed by atoms with Crippen molar-refractivity contribution in [3.63, 3.8) is 0 Å². The summed E-state index contributed by atoms with van der Waals surface area (Å²) in [5, 5.41) is 22.2. The predicted molar refractivity (Wildman–Crippen MR) is 163 cm³/mol. The van der Waals surface area contributed by atoms with Crippen LogP contribution in [-0.2, 0) is 54.9 Å². The zero-order valence-electron chi connectivity index (χ0n) is 24.4. The van der Waals surface area contributed by atoms with Gasteiger partial charge in [0, 0.05) is 0 Å². The lowest BCUT2D eigenvalue weighted by Crippen LogP contribution is -2.69. The van der Waals surface area contributed by atoms with Crippen molar-refractivity contribution in [2.24, 2.45) is 0 Å². The van der Waals surface area contributed by atoms with Gasteiger partial charge in [0.15, 0.2) is 11.9 Å². The molecule has 1 aliphatic heterocycles. The van der Waals surface area contributed by atoms with Gasteiger partial charge in [-0.25, -0.2) is 0 Å². The van der Waals surface area contributed by atoms with Crippen LogP contribution in [0.2, 0.25) is 0 Å². The molecule has 1 saturated heterocycles. The van der Waals surface area contributed by atoms with Gasteiger partial charge < -0.3 is 33.9 Å². The standard InChI is InChI=1S/C36H38O8/c37-32(38)21-36(39)34(42-24-29-17-9-3-10-18-29)33(41-23-28-15-7-2-8-16-28)31(26-40-22-27-13-5-1-6-14-27)44-35(36)43-25-30-19-11-4-12-20-30/h1-20,31,33-35,39H,21-26H2,(H,37,38)/t31-,33-,34+,35+,36-/m1/s1. The van der Waals surface area contributed by atoms with E-state index in [-0.39, 0.29) is 26.4 Å². The Kier molecular flexibility index (Phi) is 11.3. The lowest BCUT2D eigenvalue weighted by molar-refractivity contribution is -0.359. The first kappa shape index (κ1) is 31.5. The Balaban J connectivity index is 1.46. The van der Waals surface area contributed by atoms with E-state index in [1.807, 2.05) is 121 Å². The highest BCUT2D eigenvalue weighted by Crippen LogP contribution is 2.38. The molecule has 1 heterocycles. The molecule has 1 aliphatic rings. The van der Waals surface area contributed by atoms with Gasteiger partial charge in [-0.2, -0.15) is 0 Å². The van der Waals surface area contributed by atoms with Crippen molar-refractivity contribution in [3.05, 3.63) is 144 Å². The van der Waals surface area contributed by atoms with Gasteiger partial charge in [-0.05, 0) is 22.3 Å². The third-order valence-corrected chi connectivity index (χ3v) is 7.49. The Morgan fingerprint density at radius 2 is 1.07 bits per heavy atom. The van der Waals surface area contributed by atoms with Crippen molar-refractivity contribution < 1.29 is 38.7 Å². The van der Waals surface area contributed by atoms with Crippen LogP contribution in [0.15, 0.2) is 121 Å². The van der Waals surface area contributed by atoms with Gasteiger partial charge in [0.2, 0.25) is 0 Å². The second-order valence-electron chi connectivity index (χ2n) is 10.8. The molecule has 230 valence electrons. The maximum Gasteiger partial charge on any atom is 0.306 e. The number of carbonyl (C=O) groups is 1. The predicted octanol–water partition coefficient (Wildman–Crippen LogP) is 5.52. The van der Waals surface area contributed by atoms with Gasteiger partial charge in [0.25, 0.3) is 0 Å². The molecule has 44 heavy (non-hydrogen) atoms. The molecule has 0 radical (unpaired) electrons. The van der Waals surface area contributed by atoms with E-state index in [0.29, 0.717) is 6.61 Å². The number of benzene rings is 4. The average Bonchev–Trinajstić information content (AvgIpc) is 3.05.